The molecule has 0 aliphatic heterocycles. The highest BCUT2D eigenvalue weighted by molar-refractivity contribution is 6.17. The number of hydrogen-bond acceptors (Lipinski definition) is 0. The van der Waals surface area contributed by atoms with Gasteiger partial charge in [-0.1, -0.05) is 260 Å². The van der Waals surface area contributed by atoms with E-state index in [0.29, 0.717) is 0 Å². The summed E-state index contributed by atoms with van der Waals surface area (Å²) in [4.78, 5) is 0. The second-order valence-electron chi connectivity index (χ2n) is 37.4. The van der Waals surface area contributed by atoms with E-state index < -0.39 is 0 Å². The number of aromatic nitrogens is 8. The van der Waals surface area contributed by atoms with E-state index in [0.717, 1.165) is 50.0 Å². The maximum Gasteiger partial charge on any atom is 0.295 e. The van der Waals surface area contributed by atoms with Crippen LogP contribution in [-0.4, -0.2) is 13.4 Å². The Bertz CT molecular complexity index is 9480. The van der Waals surface area contributed by atoms with Crippen molar-refractivity contribution in [3.8, 4) is 78.1 Å². The normalized spacial score (nSPS) is 11.5. The van der Waals surface area contributed by atoms with Gasteiger partial charge in [0, 0.05) is 54.2 Å². The number of rotatable bonds is 7. The molecule has 0 unspecified atom stereocenters. The minimum Gasteiger partial charge on any atom is -0.225 e. The summed E-state index contributed by atoms with van der Waals surface area (Å²) in [6.45, 7) is 15.1. The average Bonchev–Trinajstić information content (AvgIpc) is 1.57. The molecule has 8 aromatic heterocycles. The highest BCUT2D eigenvalue weighted by Crippen LogP contribution is 2.42. The van der Waals surface area contributed by atoms with Gasteiger partial charge < -0.3 is 0 Å². The van der Waals surface area contributed by atoms with E-state index in [1.165, 1.54) is 252 Å². The Hall–Kier alpha value is -17.1. The summed E-state index contributed by atoms with van der Waals surface area (Å²) in [6.07, 6.45) is 4.28. The van der Waals surface area contributed by atoms with E-state index in [-0.39, 0.29) is 23.3 Å². The highest BCUT2D eigenvalue weighted by Gasteiger charge is 2.31. The lowest BCUT2D eigenvalue weighted by molar-refractivity contribution is -0.658. The lowest BCUT2D eigenvalue weighted by Crippen LogP contribution is -2.31. The lowest BCUT2D eigenvalue weighted by atomic mass is 9.94. The van der Waals surface area contributed by atoms with Crippen molar-refractivity contribution < 1.29 is 40.2 Å². The number of aryl methyl sites for hydroxylation is 12. The molecule has 0 radical (unpaired) electrons. The maximum absolute atomic E-state index is 13.4. The second kappa shape index (κ2) is 36.4. The van der Waals surface area contributed by atoms with Crippen molar-refractivity contribution in [1.82, 2.24) is 13.4 Å². The van der Waals surface area contributed by atoms with Crippen molar-refractivity contribution in [2.45, 2.75) is 48.5 Å². The summed E-state index contributed by atoms with van der Waals surface area (Å²) >= 11 is 0. The molecule has 0 saturated heterocycles. The van der Waals surface area contributed by atoms with E-state index in [1.807, 2.05) is 48.5 Å². The minimum absolute atomic E-state index is 0.213. The van der Waals surface area contributed by atoms with Crippen LogP contribution in [0.4, 0.5) is 17.6 Å². The first-order valence-corrected chi connectivity index (χ1v) is 47.9. The molecule has 18 aromatic carbocycles. The molecule has 8 nitrogen and oxygen atoms in total. The van der Waals surface area contributed by atoms with E-state index in [4.69, 9.17) is 0 Å². The largest absolute Gasteiger partial charge is 0.295 e. The number of fused-ring (bicyclic) bond motifs is 26. The van der Waals surface area contributed by atoms with Crippen LogP contribution in [0.2, 0.25) is 0 Å². The zero-order valence-electron chi connectivity index (χ0n) is 80.8. The second-order valence-corrected chi connectivity index (χ2v) is 37.4. The molecular weight excluding hydrogens is 1740 g/mol. The summed E-state index contributed by atoms with van der Waals surface area (Å²) in [5.74, 6) is -0.857. The van der Waals surface area contributed by atoms with E-state index >= 15 is 0 Å². The van der Waals surface area contributed by atoms with Crippen molar-refractivity contribution in [3.05, 3.63) is 469 Å². The average molecular weight is 1840 g/mol. The van der Waals surface area contributed by atoms with Crippen LogP contribution in [-0.2, 0) is 35.2 Å². The summed E-state index contributed by atoms with van der Waals surface area (Å²) in [5.41, 5.74) is 39.1. The number of nitrogens with zero attached hydrogens (tertiary/aromatic N) is 8. The third-order valence-corrected chi connectivity index (χ3v) is 28.5. The molecule has 0 spiro atoms. The molecule has 0 fully saturated rings. The van der Waals surface area contributed by atoms with E-state index in [1.54, 1.807) is 0 Å². The van der Waals surface area contributed by atoms with Crippen LogP contribution in [0.1, 0.15) is 38.9 Å². The first kappa shape index (κ1) is 89.1. The maximum atomic E-state index is 13.4. The van der Waals surface area contributed by atoms with Gasteiger partial charge in [0.15, 0.2) is 45.5 Å². The van der Waals surface area contributed by atoms with E-state index in [9.17, 15) is 17.6 Å². The van der Waals surface area contributed by atoms with Gasteiger partial charge in [-0.05, 0) is 266 Å². The van der Waals surface area contributed by atoms with Crippen LogP contribution in [0.15, 0.2) is 407 Å². The number of pyridine rings is 5. The molecule has 0 amide bonds. The highest BCUT2D eigenvalue weighted by atomic mass is 19.1. The van der Waals surface area contributed by atoms with Gasteiger partial charge in [0.1, 0.15) is 53.9 Å². The first-order chi connectivity index (χ1) is 68.6. The van der Waals surface area contributed by atoms with Crippen molar-refractivity contribution in [3.63, 3.8) is 0 Å². The first-order valence-electron chi connectivity index (χ1n) is 47.9. The molecular formula is C129H103F4N8+5. The van der Waals surface area contributed by atoms with Crippen molar-refractivity contribution in [1.29, 1.82) is 0 Å². The SMILES string of the molecule is Cc1ccc(-c2ccc3c(c2)n(C)c2c4c(C)cccc4c4ccccc4[n+]32)cc1.Cc1ccc(C)c(-c2c3ccccc3c(-c3ccc(F)cc3)c[n+]2C)c1.Cc1cccc2c3cc(-c4ccc(F)cc4)ccc3n3c4ccccc4[n+](C)c3c12.Cc1cccc2c3ccccc3n3c4cc(-c5ccc(F)cc5)ccc4[n+](C)c3c12.Cc1ccccc1-c1c2ccccc2c(-c2ccc(F)cc2)c[n+]1C. The Labute approximate surface area is 815 Å². The van der Waals surface area contributed by atoms with Gasteiger partial charge in [-0.15, -0.1) is 0 Å². The molecule has 8 heterocycles. The molecule has 141 heavy (non-hydrogen) atoms. The van der Waals surface area contributed by atoms with Crippen molar-refractivity contribution in [2.24, 2.45) is 35.2 Å². The summed E-state index contributed by atoms with van der Waals surface area (Å²) < 4.78 is 72.0. The number of benzene rings is 18. The zero-order chi connectivity index (χ0) is 96.9. The summed E-state index contributed by atoms with van der Waals surface area (Å²) in [5, 5.41) is 16.2. The summed E-state index contributed by atoms with van der Waals surface area (Å²) in [7, 11) is 10.6. The number of halogens is 4. The standard InChI is InChI=1S/C28H23N2.2C27H20FN2.C24H21FN.C23H19FN/c1-18-11-13-20(14-12-18)21-15-16-25-26(17-21)29(3)28-27-19(2)7-6-9-23(27)22-8-4-5-10-24(22)30(25)28;1-17-6-5-7-21-22-16-19(18-10-13-20(28)14-11-18)12-15-23(22)30-25-9-4-3-8-24(25)29(2)27(30)26(17)21;1-17-6-5-8-22-21-7-3-4-9-23(21)30-25-16-19(18-10-13-20(28)14-11-18)12-15-24(25)29(2)27(30)26(17)22;1-16-8-9-17(2)22(14-16)24-21-7-5-4-6-20(21)23(15-26(24)3)18-10-12-19(25)13-11-18;1-16-7-3-4-8-19(16)23-21-10-6-5-9-20(21)22(15-25(23)2)17-11-13-18(24)14-12-17/h4-17H,1-3H3;2*3-16H,1-2H3;4-15H,1-3H3;3-15H,1-2H3/q5*+1. The van der Waals surface area contributed by atoms with Crippen molar-refractivity contribution in [2.75, 3.05) is 0 Å². The molecule has 0 atom stereocenters. The van der Waals surface area contributed by atoms with Gasteiger partial charge in [0.05, 0.1) is 59.2 Å². The predicted octanol–water partition coefficient (Wildman–Crippen LogP) is 30.4. The molecule has 682 valence electrons. The van der Waals surface area contributed by atoms with Gasteiger partial charge in [0.2, 0.25) is 11.4 Å². The Morgan fingerprint density at radius 1 is 0.213 bits per heavy atom. The van der Waals surface area contributed by atoms with Gasteiger partial charge in [0.25, 0.3) is 16.9 Å². The fourth-order valence-corrected chi connectivity index (χ4v) is 21.6. The zero-order valence-corrected chi connectivity index (χ0v) is 80.8. The Morgan fingerprint density at radius 2 is 0.567 bits per heavy atom. The molecule has 0 bridgehead atoms. The molecule has 0 aliphatic carbocycles. The predicted molar refractivity (Wildman–Crippen MR) is 575 cm³/mol. The molecule has 0 saturated carbocycles. The monoisotopic (exact) mass is 1840 g/mol. The molecule has 12 heteroatoms. The van der Waals surface area contributed by atoms with Crippen molar-refractivity contribution >= 4 is 137 Å². The fourth-order valence-electron chi connectivity index (χ4n) is 21.6. The van der Waals surface area contributed by atoms with Crippen LogP contribution in [0, 0.1) is 71.7 Å². The van der Waals surface area contributed by atoms with E-state index in [2.05, 4.69) is 429 Å². The Balaban J connectivity index is 0.000000101. The van der Waals surface area contributed by atoms with Gasteiger partial charge >= 0.3 is 0 Å². The molecule has 26 aromatic rings. The molecule has 0 N–H and O–H groups in total. The van der Waals surface area contributed by atoms with Crippen LogP contribution in [0.5, 0.6) is 0 Å². The number of hydrogen-bond donors (Lipinski definition) is 0. The van der Waals surface area contributed by atoms with Gasteiger partial charge in [-0.25, -0.2) is 31.3 Å². The topological polar surface area (TPSA) is 33.4 Å². The van der Waals surface area contributed by atoms with Crippen LogP contribution in [0.25, 0.3) is 215 Å². The summed E-state index contributed by atoms with van der Waals surface area (Å²) in [6, 6.07) is 133. The minimum atomic E-state index is -0.215. The number of imidazole rings is 3. The fraction of sp³-hybridized carbons (Fsp3) is 0.0930. The van der Waals surface area contributed by atoms with Gasteiger partial charge in [-0.3, -0.25) is 0 Å². The third kappa shape index (κ3) is 15.8. The quantitative estimate of drug-likeness (QED) is 0.0866. The molecule has 0 aliphatic rings. The third-order valence-electron chi connectivity index (χ3n) is 28.5. The molecule has 26 rings (SSSR count). The van der Waals surface area contributed by atoms with Crippen LogP contribution < -0.4 is 22.7 Å². The lowest BCUT2D eigenvalue weighted by Gasteiger charge is -2.12. The Morgan fingerprint density at radius 3 is 1.11 bits per heavy atom. The van der Waals surface area contributed by atoms with Crippen LogP contribution in [0.3, 0.4) is 0 Å². The van der Waals surface area contributed by atoms with Crippen LogP contribution >= 0.6 is 0 Å². The number of para-hydroxylation sites is 4. The van der Waals surface area contributed by atoms with Gasteiger partial charge in [-0.2, -0.15) is 22.3 Å². The smallest absolute Gasteiger partial charge is 0.225 e. The Kier molecular flexibility index (Phi) is 23.0.